The lowest BCUT2D eigenvalue weighted by Crippen LogP contribution is -1.94. The lowest BCUT2D eigenvalue weighted by Gasteiger charge is -2.05. The van der Waals surface area contributed by atoms with Crippen LogP contribution in [0.4, 0.5) is 0 Å². The Labute approximate surface area is 203 Å². The smallest absolute Gasteiger partial charge is 0.219 e. The summed E-state index contributed by atoms with van der Waals surface area (Å²) in [5, 5.41) is 0. The van der Waals surface area contributed by atoms with Gasteiger partial charge in [-0.1, -0.05) is 24.3 Å². The molecule has 0 spiro atoms. The standard InChI is InChI=1S/C28H20N2O5/c1-3-15-29-27(13-1)34-25-11-5-9-23(21-25)32-19-7-17-31-18-8-20-33-24-10-6-12-26(22-24)35-28-14-2-4-16-30-28/h1-6,9-16,21-22H,17-18H2. The Morgan fingerprint density at radius 1 is 0.543 bits per heavy atom. The Hall–Kier alpha value is -4.98. The molecule has 0 N–H and O–H groups in total. The van der Waals surface area contributed by atoms with Gasteiger partial charge in [-0.2, -0.15) is 0 Å². The molecule has 0 saturated carbocycles. The quantitative estimate of drug-likeness (QED) is 0.253. The lowest BCUT2D eigenvalue weighted by atomic mass is 10.3. The minimum Gasteiger partial charge on any atom is -0.439 e. The van der Waals surface area contributed by atoms with Crippen molar-refractivity contribution < 1.29 is 23.7 Å². The number of pyridine rings is 2. The van der Waals surface area contributed by atoms with E-state index < -0.39 is 0 Å². The van der Waals surface area contributed by atoms with Crippen LogP contribution < -0.4 is 18.9 Å². The number of aromatic nitrogens is 2. The Balaban J connectivity index is 1.16. The molecule has 0 fully saturated rings. The summed E-state index contributed by atoms with van der Waals surface area (Å²) in [6.07, 6.45) is 8.51. The topological polar surface area (TPSA) is 71.9 Å². The molecule has 172 valence electrons. The molecule has 2 aromatic carbocycles. The van der Waals surface area contributed by atoms with Crippen molar-refractivity contribution in [2.75, 3.05) is 13.2 Å². The summed E-state index contributed by atoms with van der Waals surface area (Å²) in [7, 11) is 0. The highest BCUT2D eigenvalue weighted by Crippen LogP contribution is 2.24. The van der Waals surface area contributed by atoms with Gasteiger partial charge in [0.2, 0.25) is 11.8 Å². The zero-order chi connectivity index (χ0) is 24.0. The molecule has 0 aliphatic rings. The number of rotatable bonds is 8. The first-order valence-electron chi connectivity index (χ1n) is 10.6. The minimum absolute atomic E-state index is 0.159. The van der Waals surface area contributed by atoms with Crippen LogP contribution >= 0.6 is 0 Å². The van der Waals surface area contributed by atoms with E-state index in [1.165, 1.54) is 0 Å². The predicted octanol–water partition coefficient (Wildman–Crippen LogP) is 5.46. The summed E-state index contributed by atoms with van der Waals surface area (Å²) in [5.41, 5.74) is 0. The molecular formula is C28H20N2O5. The SMILES string of the molecule is C(#COc1cccc(Oc2ccccn2)c1)COCC#COc1cccc(Oc2ccccn2)c1. The minimum atomic E-state index is 0.159. The molecule has 7 heteroatoms. The van der Waals surface area contributed by atoms with Crippen LogP contribution in [-0.4, -0.2) is 23.2 Å². The molecule has 2 heterocycles. The molecule has 0 aliphatic carbocycles. The zero-order valence-electron chi connectivity index (χ0n) is 18.6. The van der Waals surface area contributed by atoms with Crippen LogP contribution in [0.15, 0.2) is 97.3 Å². The van der Waals surface area contributed by atoms with Crippen molar-refractivity contribution in [2.45, 2.75) is 0 Å². The summed E-state index contributed by atoms with van der Waals surface area (Å²) < 4.78 is 27.5. The third-order valence-corrected chi connectivity index (χ3v) is 4.16. The van der Waals surface area contributed by atoms with Gasteiger partial charge in [-0.3, -0.25) is 0 Å². The van der Waals surface area contributed by atoms with Crippen molar-refractivity contribution in [3.05, 3.63) is 97.3 Å². The summed E-state index contributed by atoms with van der Waals surface area (Å²) in [6, 6.07) is 25.1. The molecule has 4 aromatic rings. The Bertz CT molecular complexity index is 1230. The molecule has 0 atom stereocenters. The van der Waals surface area contributed by atoms with E-state index in [9.17, 15) is 0 Å². The summed E-state index contributed by atoms with van der Waals surface area (Å²) in [4.78, 5) is 8.24. The zero-order valence-corrected chi connectivity index (χ0v) is 18.6. The second-order valence-corrected chi connectivity index (χ2v) is 6.74. The molecule has 2 aromatic heterocycles. The Morgan fingerprint density at radius 3 is 1.49 bits per heavy atom. The maximum Gasteiger partial charge on any atom is 0.219 e. The largest absolute Gasteiger partial charge is 0.439 e. The van der Waals surface area contributed by atoms with E-state index in [0.717, 1.165) is 0 Å². The molecule has 0 bridgehead atoms. The molecule has 4 rings (SSSR count). The summed E-state index contributed by atoms with van der Waals surface area (Å²) in [5.74, 6) is 8.83. The molecule has 0 unspecified atom stereocenters. The maximum absolute atomic E-state index is 5.67. The van der Waals surface area contributed by atoms with Crippen LogP contribution in [0, 0.1) is 24.1 Å². The number of hydrogen-bond acceptors (Lipinski definition) is 7. The maximum atomic E-state index is 5.67. The van der Waals surface area contributed by atoms with Gasteiger partial charge in [0.05, 0.1) is 0 Å². The predicted molar refractivity (Wildman–Crippen MR) is 129 cm³/mol. The van der Waals surface area contributed by atoms with Gasteiger partial charge < -0.3 is 23.7 Å². The third-order valence-electron chi connectivity index (χ3n) is 4.16. The second-order valence-electron chi connectivity index (χ2n) is 6.74. The van der Waals surface area contributed by atoms with E-state index in [1.54, 1.807) is 48.8 Å². The van der Waals surface area contributed by atoms with Crippen molar-refractivity contribution in [1.82, 2.24) is 9.97 Å². The monoisotopic (exact) mass is 464 g/mol. The Kier molecular flexibility index (Phi) is 8.55. The highest BCUT2D eigenvalue weighted by atomic mass is 16.5. The van der Waals surface area contributed by atoms with E-state index >= 15 is 0 Å². The first kappa shape index (κ1) is 23.2. The van der Waals surface area contributed by atoms with E-state index in [0.29, 0.717) is 34.8 Å². The fourth-order valence-corrected chi connectivity index (χ4v) is 2.66. The highest BCUT2D eigenvalue weighted by Gasteiger charge is 2.01. The average molecular weight is 464 g/mol. The van der Waals surface area contributed by atoms with Gasteiger partial charge in [-0.05, 0) is 48.2 Å². The van der Waals surface area contributed by atoms with Crippen molar-refractivity contribution in [1.29, 1.82) is 0 Å². The van der Waals surface area contributed by atoms with E-state index in [1.807, 2.05) is 48.5 Å². The lowest BCUT2D eigenvalue weighted by molar-refractivity contribution is 0.203. The van der Waals surface area contributed by atoms with Crippen molar-refractivity contribution >= 4 is 0 Å². The summed E-state index contributed by atoms with van der Waals surface area (Å²) >= 11 is 0. The van der Waals surface area contributed by atoms with Crippen LogP contribution in [0.3, 0.4) is 0 Å². The average Bonchev–Trinajstić information content (AvgIpc) is 2.89. The highest BCUT2D eigenvalue weighted by molar-refractivity contribution is 5.37. The van der Waals surface area contributed by atoms with E-state index in [2.05, 4.69) is 34.0 Å². The van der Waals surface area contributed by atoms with Crippen LogP contribution in [0.5, 0.6) is 34.8 Å². The van der Waals surface area contributed by atoms with Crippen molar-refractivity contribution in [3.63, 3.8) is 0 Å². The number of benzene rings is 2. The fourth-order valence-electron chi connectivity index (χ4n) is 2.66. The molecule has 35 heavy (non-hydrogen) atoms. The van der Waals surface area contributed by atoms with Gasteiger partial charge in [-0.25, -0.2) is 9.97 Å². The van der Waals surface area contributed by atoms with Crippen molar-refractivity contribution in [3.8, 4) is 58.8 Å². The van der Waals surface area contributed by atoms with Crippen LogP contribution in [0.2, 0.25) is 0 Å². The van der Waals surface area contributed by atoms with Crippen LogP contribution in [0.1, 0.15) is 0 Å². The molecular weight excluding hydrogens is 444 g/mol. The fraction of sp³-hybridized carbons (Fsp3) is 0.0714. The molecule has 0 aliphatic heterocycles. The van der Waals surface area contributed by atoms with E-state index in [-0.39, 0.29) is 13.2 Å². The van der Waals surface area contributed by atoms with Gasteiger partial charge in [0.15, 0.2) is 0 Å². The van der Waals surface area contributed by atoms with Gasteiger partial charge in [0, 0.05) is 36.7 Å². The summed E-state index contributed by atoms with van der Waals surface area (Å²) in [6.45, 7) is 0.318. The van der Waals surface area contributed by atoms with E-state index in [4.69, 9.17) is 23.7 Å². The second kappa shape index (κ2) is 12.9. The first-order valence-corrected chi connectivity index (χ1v) is 10.6. The molecule has 7 nitrogen and oxygen atoms in total. The van der Waals surface area contributed by atoms with Gasteiger partial charge in [-0.15, -0.1) is 0 Å². The molecule has 0 amide bonds. The first-order chi connectivity index (χ1) is 17.3. The number of hydrogen-bond donors (Lipinski definition) is 0. The van der Waals surface area contributed by atoms with Gasteiger partial charge >= 0.3 is 0 Å². The normalized spacial score (nSPS) is 9.60. The number of nitrogens with zero attached hydrogens (tertiary/aromatic N) is 2. The van der Waals surface area contributed by atoms with Crippen LogP contribution in [-0.2, 0) is 4.74 Å². The van der Waals surface area contributed by atoms with Gasteiger partial charge in [0.25, 0.3) is 0 Å². The number of ether oxygens (including phenoxy) is 5. The molecule has 0 saturated heterocycles. The molecule has 0 radical (unpaired) electrons. The Morgan fingerprint density at radius 2 is 1.03 bits per heavy atom. The van der Waals surface area contributed by atoms with Crippen LogP contribution in [0.25, 0.3) is 0 Å². The van der Waals surface area contributed by atoms with Crippen molar-refractivity contribution in [2.24, 2.45) is 0 Å². The van der Waals surface area contributed by atoms with Gasteiger partial charge in [0.1, 0.15) is 48.4 Å². The third kappa shape index (κ3) is 8.14.